The molecule has 8 heteroatoms. The third kappa shape index (κ3) is 4.26. The van der Waals surface area contributed by atoms with E-state index in [0.717, 1.165) is 40.8 Å². The van der Waals surface area contributed by atoms with Crippen molar-refractivity contribution in [3.8, 4) is 17.1 Å². The molecule has 0 aliphatic heterocycles. The fourth-order valence-electron chi connectivity index (χ4n) is 2.79. The molecule has 0 saturated heterocycles. The van der Waals surface area contributed by atoms with Gasteiger partial charge in [0.1, 0.15) is 0 Å². The van der Waals surface area contributed by atoms with Crippen LogP contribution in [0.1, 0.15) is 18.2 Å². The second-order valence-corrected chi connectivity index (χ2v) is 7.65. The zero-order valence-electron chi connectivity index (χ0n) is 15.2. The first kappa shape index (κ1) is 18.7. The van der Waals surface area contributed by atoms with Gasteiger partial charge in [-0.25, -0.2) is 0 Å². The topological polar surface area (TPSA) is 69.6 Å². The van der Waals surface area contributed by atoms with E-state index in [4.69, 9.17) is 16.0 Å². The standard InChI is InChI=1S/C20H18ClN5OS/c1-14-22-23-18(27-14)8-5-13-28-20-25-24-19(15-6-3-2-4-7-15)26(20)17-11-9-16(21)10-12-17/h2-4,6-7,9-12H,5,8,13H2,1H3. The minimum Gasteiger partial charge on any atom is -0.426 e. The van der Waals surface area contributed by atoms with Gasteiger partial charge in [-0.2, -0.15) is 0 Å². The number of hydrogen-bond donors (Lipinski definition) is 0. The number of rotatable bonds is 7. The average Bonchev–Trinajstić information content (AvgIpc) is 3.33. The fraction of sp³-hybridized carbons (Fsp3) is 0.200. The molecule has 6 nitrogen and oxygen atoms in total. The maximum atomic E-state index is 6.07. The molecular formula is C20H18ClN5OS. The van der Waals surface area contributed by atoms with E-state index in [1.807, 2.05) is 54.6 Å². The van der Waals surface area contributed by atoms with Gasteiger partial charge in [0.15, 0.2) is 11.0 Å². The summed E-state index contributed by atoms with van der Waals surface area (Å²) in [4.78, 5) is 0. The third-order valence-corrected chi connectivity index (χ3v) is 5.35. The van der Waals surface area contributed by atoms with Crippen LogP contribution in [0.15, 0.2) is 64.2 Å². The summed E-state index contributed by atoms with van der Waals surface area (Å²) in [5.74, 6) is 2.93. The molecule has 0 radical (unpaired) electrons. The minimum absolute atomic E-state index is 0.595. The van der Waals surface area contributed by atoms with Gasteiger partial charge >= 0.3 is 0 Å². The summed E-state index contributed by atoms with van der Waals surface area (Å²) < 4.78 is 7.49. The molecule has 142 valence electrons. The second-order valence-electron chi connectivity index (χ2n) is 6.15. The summed E-state index contributed by atoms with van der Waals surface area (Å²) >= 11 is 7.72. The number of benzene rings is 2. The van der Waals surface area contributed by atoms with E-state index >= 15 is 0 Å². The van der Waals surface area contributed by atoms with Crippen LogP contribution in [0.4, 0.5) is 0 Å². The molecule has 28 heavy (non-hydrogen) atoms. The van der Waals surface area contributed by atoms with E-state index < -0.39 is 0 Å². The molecule has 4 aromatic rings. The number of nitrogens with zero attached hydrogens (tertiary/aromatic N) is 5. The molecular weight excluding hydrogens is 394 g/mol. The molecule has 0 N–H and O–H groups in total. The van der Waals surface area contributed by atoms with Gasteiger partial charge in [-0.1, -0.05) is 53.7 Å². The first-order chi connectivity index (χ1) is 13.7. The van der Waals surface area contributed by atoms with Gasteiger partial charge in [0.2, 0.25) is 11.8 Å². The smallest absolute Gasteiger partial charge is 0.216 e. The summed E-state index contributed by atoms with van der Waals surface area (Å²) in [5.41, 5.74) is 1.99. The van der Waals surface area contributed by atoms with Crippen LogP contribution in [0.2, 0.25) is 5.02 Å². The lowest BCUT2D eigenvalue weighted by Gasteiger charge is -2.10. The fourth-order valence-corrected chi connectivity index (χ4v) is 3.80. The van der Waals surface area contributed by atoms with E-state index in [1.165, 1.54) is 0 Å². The van der Waals surface area contributed by atoms with Gasteiger partial charge in [-0.3, -0.25) is 4.57 Å². The molecule has 0 bridgehead atoms. The Morgan fingerprint density at radius 2 is 1.75 bits per heavy atom. The van der Waals surface area contributed by atoms with Crippen molar-refractivity contribution in [3.63, 3.8) is 0 Å². The Kier molecular flexibility index (Phi) is 5.73. The van der Waals surface area contributed by atoms with E-state index in [0.29, 0.717) is 16.8 Å². The maximum absolute atomic E-state index is 6.07. The van der Waals surface area contributed by atoms with Crippen molar-refractivity contribution in [3.05, 3.63) is 71.4 Å². The van der Waals surface area contributed by atoms with Crippen LogP contribution in [-0.2, 0) is 6.42 Å². The van der Waals surface area contributed by atoms with Gasteiger partial charge in [-0.05, 0) is 30.7 Å². The first-order valence-electron chi connectivity index (χ1n) is 8.89. The summed E-state index contributed by atoms with van der Waals surface area (Å²) in [7, 11) is 0. The molecule has 0 unspecified atom stereocenters. The van der Waals surface area contributed by atoms with Crippen molar-refractivity contribution in [2.75, 3.05) is 5.75 Å². The molecule has 0 aliphatic carbocycles. The van der Waals surface area contributed by atoms with Crippen LogP contribution in [0.25, 0.3) is 17.1 Å². The highest BCUT2D eigenvalue weighted by Crippen LogP contribution is 2.29. The molecule has 2 heterocycles. The molecule has 0 aliphatic rings. The van der Waals surface area contributed by atoms with E-state index in [1.54, 1.807) is 18.7 Å². The van der Waals surface area contributed by atoms with Crippen LogP contribution in [0.3, 0.4) is 0 Å². The predicted octanol–water partition coefficient (Wildman–Crippen LogP) is 5.00. The number of thioether (sulfide) groups is 1. The highest BCUT2D eigenvalue weighted by molar-refractivity contribution is 7.99. The zero-order chi connectivity index (χ0) is 19.3. The van der Waals surface area contributed by atoms with Crippen molar-refractivity contribution < 1.29 is 4.42 Å². The van der Waals surface area contributed by atoms with Crippen molar-refractivity contribution in [1.29, 1.82) is 0 Å². The monoisotopic (exact) mass is 411 g/mol. The van der Waals surface area contributed by atoms with Crippen molar-refractivity contribution in [1.82, 2.24) is 25.0 Å². The minimum atomic E-state index is 0.595. The number of aryl methyl sites for hydroxylation is 2. The van der Waals surface area contributed by atoms with Gasteiger partial charge < -0.3 is 4.42 Å². The Hall–Kier alpha value is -2.64. The maximum Gasteiger partial charge on any atom is 0.216 e. The molecule has 0 spiro atoms. The van der Waals surface area contributed by atoms with Crippen LogP contribution in [0, 0.1) is 6.92 Å². The molecule has 2 aromatic carbocycles. The van der Waals surface area contributed by atoms with Crippen molar-refractivity contribution >= 4 is 23.4 Å². The largest absolute Gasteiger partial charge is 0.426 e. The SMILES string of the molecule is Cc1nnc(CCCSc2nnc(-c3ccccc3)n2-c2ccc(Cl)cc2)o1. The lowest BCUT2D eigenvalue weighted by molar-refractivity contribution is 0.465. The molecule has 0 atom stereocenters. The van der Waals surface area contributed by atoms with Crippen molar-refractivity contribution in [2.45, 2.75) is 24.9 Å². The number of aromatic nitrogens is 5. The van der Waals surface area contributed by atoms with Crippen LogP contribution in [-0.4, -0.2) is 30.7 Å². The Labute approximate surface area is 172 Å². The second kappa shape index (κ2) is 8.58. The van der Waals surface area contributed by atoms with Gasteiger partial charge in [0.25, 0.3) is 0 Å². The molecule has 0 saturated carbocycles. The Morgan fingerprint density at radius 1 is 0.964 bits per heavy atom. The lowest BCUT2D eigenvalue weighted by Crippen LogP contribution is -2.00. The summed E-state index contributed by atoms with van der Waals surface area (Å²) in [6.45, 7) is 1.80. The summed E-state index contributed by atoms with van der Waals surface area (Å²) in [5, 5.41) is 18.3. The van der Waals surface area contributed by atoms with E-state index in [-0.39, 0.29) is 0 Å². The normalized spacial score (nSPS) is 11.1. The van der Waals surface area contributed by atoms with Gasteiger partial charge in [-0.15, -0.1) is 20.4 Å². The molecule has 2 aromatic heterocycles. The Morgan fingerprint density at radius 3 is 2.46 bits per heavy atom. The van der Waals surface area contributed by atoms with E-state index in [2.05, 4.69) is 25.0 Å². The van der Waals surface area contributed by atoms with Gasteiger partial charge in [0, 0.05) is 35.4 Å². The molecule has 4 rings (SSSR count). The quantitative estimate of drug-likeness (QED) is 0.314. The zero-order valence-corrected chi connectivity index (χ0v) is 16.8. The molecule has 0 amide bonds. The van der Waals surface area contributed by atoms with Crippen molar-refractivity contribution in [2.24, 2.45) is 0 Å². The lowest BCUT2D eigenvalue weighted by atomic mass is 10.2. The number of halogens is 1. The summed E-state index contributed by atoms with van der Waals surface area (Å²) in [6, 6.07) is 17.7. The Bertz CT molecular complexity index is 1050. The summed E-state index contributed by atoms with van der Waals surface area (Å²) in [6.07, 6.45) is 1.65. The highest BCUT2D eigenvalue weighted by Gasteiger charge is 2.16. The predicted molar refractivity (Wildman–Crippen MR) is 110 cm³/mol. The van der Waals surface area contributed by atoms with Gasteiger partial charge in [0.05, 0.1) is 0 Å². The van der Waals surface area contributed by atoms with Crippen LogP contribution < -0.4 is 0 Å². The highest BCUT2D eigenvalue weighted by atomic mass is 35.5. The first-order valence-corrected chi connectivity index (χ1v) is 10.3. The number of hydrogen-bond acceptors (Lipinski definition) is 6. The van der Waals surface area contributed by atoms with Crippen LogP contribution >= 0.6 is 23.4 Å². The third-order valence-electron chi connectivity index (χ3n) is 4.08. The average molecular weight is 412 g/mol. The van der Waals surface area contributed by atoms with Crippen LogP contribution in [0.5, 0.6) is 0 Å². The molecule has 0 fully saturated rings. The Balaban J connectivity index is 1.56. The van der Waals surface area contributed by atoms with E-state index in [9.17, 15) is 0 Å².